The smallest absolute Gasteiger partial charge is 0.275 e. The van der Waals surface area contributed by atoms with E-state index >= 15 is 0 Å². The van der Waals surface area contributed by atoms with Gasteiger partial charge in [-0.05, 0) is 13.8 Å². The largest absolute Gasteiger partial charge is 0.330 e. The van der Waals surface area contributed by atoms with Crippen molar-refractivity contribution in [3.8, 4) is 0 Å². The predicted octanol–water partition coefficient (Wildman–Crippen LogP) is 0.376. The quantitative estimate of drug-likeness (QED) is 0.700. The summed E-state index contributed by atoms with van der Waals surface area (Å²) >= 11 is 0. The van der Waals surface area contributed by atoms with Crippen molar-refractivity contribution in [1.82, 2.24) is 9.55 Å². The molecule has 2 heterocycles. The van der Waals surface area contributed by atoms with Gasteiger partial charge in [-0.15, -0.1) is 0 Å². The van der Waals surface area contributed by atoms with Gasteiger partial charge in [0.15, 0.2) is 0 Å². The number of aromatic amines is 1. The molecule has 5 nitrogen and oxygen atoms in total. The number of H-pyrrole nitrogens is 1. The Morgan fingerprint density at radius 2 is 2.21 bits per heavy atom. The van der Waals surface area contributed by atoms with Gasteiger partial charge in [0.1, 0.15) is 5.82 Å². The number of rotatable bonds is 1. The highest BCUT2D eigenvalue weighted by Crippen LogP contribution is 2.21. The third-order valence-electron chi connectivity index (χ3n) is 2.24. The second-order valence-corrected chi connectivity index (χ2v) is 3.54. The molecule has 1 aliphatic heterocycles. The van der Waals surface area contributed by atoms with E-state index in [1.54, 1.807) is 6.21 Å². The van der Waals surface area contributed by atoms with Crippen LogP contribution in [0.25, 0.3) is 0 Å². The predicted molar refractivity (Wildman–Crippen MR) is 53.6 cm³/mol. The molecule has 0 bridgehead atoms. The lowest BCUT2D eigenvalue weighted by Gasteiger charge is -2.12. The molecular weight excluding hydrogens is 182 g/mol. The van der Waals surface area contributed by atoms with Gasteiger partial charge in [-0.1, -0.05) is 0 Å². The molecule has 0 fully saturated rings. The van der Waals surface area contributed by atoms with Crippen LogP contribution < -0.4 is 11.2 Å². The van der Waals surface area contributed by atoms with Crippen LogP contribution in [0.15, 0.2) is 14.6 Å². The van der Waals surface area contributed by atoms with Crippen LogP contribution in [0.1, 0.15) is 25.5 Å². The van der Waals surface area contributed by atoms with Crippen LogP contribution in [0.3, 0.4) is 0 Å². The molecule has 2 rings (SSSR count). The van der Waals surface area contributed by atoms with Crippen molar-refractivity contribution in [2.75, 3.05) is 0 Å². The minimum absolute atomic E-state index is 0.00310. The Labute approximate surface area is 80.1 Å². The molecule has 1 aromatic heterocycles. The van der Waals surface area contributed by atoms with Gasteiger partial charge in [0.2, 0.25) is 0 Å². The Balaban J connectivity index is 2.84. The van der Waals surface area contributed by atoms with Gasteiger partial charge < -0.3 is 0 Å². The monoisotopic (exact) mass is 193 g/mol. The average Bonchev–Trinajstić information content (AvgIpc) is 2.51. The summed E-state index contributed by atoms with van der Waals surface area (Å²) in [5, 5.41) is 0. The summed E-state index contributed by atoms with van der Waals surface area (Å²) in [5.41, 5.74) is -0.125. The van der Waals surface area contributed by atoms with E-state index < -0.39 is 0 Å². The highest BCUT2D eigenvalue weighted by Gasteiger charge is 2.18. The Hall–Kier alpha value is -1.65. The van der Waals surface area contributed by atoms with E-state index in [9.17, 15) is 9.59 Å². The normalized spacial score (nSPS) is 13.6. The summed E-state index contributed by atoms with van der Waals surface area (Å²) in [6.07, 6.45) is 2.16. The third kappa shape index (κ3) is 1.13. The lowest BCUT2D eigenvalue weighted by Crippen LogP contribution is -2.32. The van der Waals surface area contributed by atoms with E-state index in [0.29, 0.717) is 17.8 Å². The lowest BCUT2D eigenvalue weighted by molar-refractivity contribution is 0.565. The molecule has 74 valence electrons. The van der Waals surface area contributed by atoms with Crippen LogP contribution >= 0.6 is 0 Å². The lowest BCUT2D eigenvalue weighted by atomic mass is 10.2. The van der Waals surface area contributed by atoms with E-state index in [2.05, 4.69) is 9.98 Å². The summed E-state index contributed by atoms with van der Waals surface area (Å²) in [4.78, 5) is 29.2. The fourth-order valence-electron chi connectivity index (χ4n) is 1.60. The molecule has 0 unspecified atom stereocenters. The Morgan fingerprint density at radius 3 is 2.86 bits per heavy atom. The van der Waals surface area contributed by atoms with E-state index in [1.807, 2.05) is 13.8 Å². The minimum Gasteiger partial charge on any atom is -0.275 e. The molecule has 14 heavy (non-hydrogen) atoms. The van der Waals surface area contributed by atoms with E-state index in [0.717, 1.165) is 0 Å². The van der Waals surface area contributed by atoms with Gasteiger partial charge in [0, 0.05) is 18.7 Å². The van der Waals surface area contributed by atoms with Crippen molar-refractivity contribution >= 4 is 12.0 Å². The zero-order valence-corrected chi connectivity index (χ0v) is 8.07. The van der Waals surface area contributed by atoms with Gasteiger partial charge in [0.25, 0.3) is 5.56 Å². The Kier molecular flexibility index (Phi) is 1.87. The standard InChI is InChI=1S/C9H11N3O2/c1-5(2)12-7-6(3-4-10-7)8(13)11-9(12)14/h4-5H,3H2,1-2H3,(H,11,13,14). The first-order valence-electron chi connectivity index (χ1n) is 4.51. The van der Waals surface area contributed by atoms with E-state index in [1.165, 1.54) is 4.57 Å². The second-order valence-electron chi connectivity index (χ2n) is 3.54. The highest BCUT2D eigenvalue weighted by atomic mass is 16.2. The van der Waals surface area contributed by atoms with Crippen LogP contribution in [-0.4, -0.2) is 15.8 Å². The number of aliphatic imine (C=N–C) groups is 1. The fourth-order valence-corrected chi connectivity index (χ4v) is 1.60. The van der Waals surface area contributed by atoms with Gasteiger partial charge in [-0.2, -0.15) is 0 Å². The molecule has 0 amide bonds. The van der Waals surface area contributed by atoms with Gasteiger partial charge in [-0.25, -0.2) is 9.79 Å². The average molecular weight is 193 g/mol. The SMILES string of the molecule is CC(C)n1c2c(c(=O)[nH]c1=O)CC=N2. The van der Waals surface area contributed by atoms with E-state index in [4.69, 9.17) is 0 Å². The van der Waals surface area contributed by atoms with Crippen LogP contribution in [0.4, 0.5) is 5.82 Å². The molecule has 0 aliphatic carbocycles. The molecular formula is C9H11N3O2. The first kappa shape index (κ1) is 8.93. The van der Waals surface area contributed by atoms with E-state index in [-0.39, 0.29) is 17.3 Å². The molecule has 0 saturated carbocycles. The third-order valence-corrected chi connectivity index (χ3v) is 2.24. The molecule has 0 radical (unpaired) electrons. The second kappa shape index (κ2) is 2.94. The maximum atomic E-state index is 11.5. The summed E-state index contributed by atoms with van der Waals surface area (Å²) in [6, 6.07) is 0.00310. The first-order chi connectivity index (χ1) is 6.61. The van der Waals surface area contributed by atoms with Crippen LogP contribution in [0.5, 0.6) is 0 Å². The molecule has 1 aliphatic rings. The van der Waals surface area contributed by atoms with Crippen molar-refractivity contribution in [3.63, 3.8) is 0 Å². The number of fused-ring (bicyclic) bond motifs is 1. The zero-order chi connectivity index (χ0) is 10.3. The minimum atomic E-state index is -0.386. The van der Waals surface area contributed by atoms with Gasteiger partial charge in [0.05, 0.1) is 5.56 Å². The fraction of sp³-hybridized carbons (Fsp3) is 0.444. The van der Waals surface area contributed by atoms with Gasteiger partial charge in [-0.3, -0.25) is 14.3 Å². The van der Waals surface area contributed by atoms with Crippen LogP contribution in [-0.2, 0) is 6.42 Å². The van der Waals surface area contributed by atoms with Crippen LogP contribution in [0, 0.1) is 0 Å². The number of nitrogens with zero attached hydrogens (tertiary/aromatic N) is 2. The maximum absolute atomic E-state index is 11.5. The first-order valence-corrected chi connectivity index (χ1v) is 4.51. The summed E-state index contributed by atoms with van der Waals surface area (Å²) < 4.78 is 1.50. The van der Waals surface area contributed by atoms with Crippen molar-refractivity contribution in [1.29, 1.82) is 0 Å². The molecule has 0 atom stereocenters. The molecule has 0 spiro atoms. The molecule has 5 heteroatoms. The van der Waals surface area contributed by atoms with Crippen molar-refractivity contribution < 1.29 is 0 Å². The summed E-state index contributed by atoms with van der Waals surface area (Å²) in [7, 11) is 0. The highest BCUT2D eigenvalue weighted by molar-refractivity contribution is 5.73. The van der Waals surface area contributed by atoms with Crippen molar-refractivity contribution in [2.24, 2.45) is 4.99 Å². The zero-order valence-electron chi connectivity index (χ0n) is 8.07. The number of nitrogens with one attached hydrogen (secondary N) is 1. The topological polar surface area (TPSA) is 67.2 Å². The molecule has 1 N–H and O–H groups in total. The molecule has 0 saturated heterocycles. The number of aromatic nitrogens is 2. The number of hydrogen-bond acceptors (Lipinski definition) is 3. The molecule has 1 aromatic rings. The maximum Gasteiger partial charge on any atom is 0.330 e. The van der Waals surface area contributed by atoms with Crippen molar-refractivity contribution in [3.05, 3.63) is 26.4 Å². The van der Waals surface area contributed by atoms with Crippen molar-refractivity contribution in [2.45, 2.75) is 26.3 Å². The van der Waals surface area contributed by atoms with Crippen LogP contribution in [0.2, 0.25) is 0 Å². The Morgan fingerprint density at radius 1 is 1.50 bits per heavy atom. The Bertz CT molecular complexity index is 508. The number of hydrogen-bond donors (Lipinski definition) is 1. The molecule has 0 aromatic carbocycles. The summed E-state index contributed by atoms with van der Waals surface area (Å²) in [5.74, 6) is 0.508. The van der Waals surface area contributed by atoms with Gasteiger partial charge >= 0.3 is 5.69 Å². The summed E-state index contributed by atoms with van der Waals surface area (Å²) in [6.45, 7) is 3.77.